The summed E-state index contributed by atoms with van der Waals surface area (Å²) < 4.78 is 26.3. The number of hydrogen-bond acceptors (Lipinski definition) is 5. The fraction of sp³-hybridized carbons (Fsp3) is 0.412. The van der Waals surface area contributed by atoms with Crippen molar-refractivity contribution in [3.8, 4) is 0 Å². The third-order valence-electron chi connectivity index (χ3n) is 4.06. The molecule has 0 amide bonds. The van der Waals surface area contributed by atoms with Gasteiger partial charge in [0.2, 0.25) is 10.0 Å². The van der Waals surface area contributed by atoms with E-state index in [1.165, 1.54) is 5.56 Å². The van der Waals surface area contributed by atoms with E-state index in [0.29, 0.717) is 6.42 Å². The molecule has 1 aromatic carbocycles. The Morgan fingerprint density at radius 1 is 1.17 bits per heavy atom. The fourth-order valence-corrected chi connectivity index (χ4v) is 4.04. The van der Waals surface area contributed by atoms with Gasteiger partial charge in [0.05, 0.1) is 5.75 Å². The van der Waals surface area contributed by atoms with Gasteiger partial charge >= 0.3 is 0 Å². The molecule has 3 rings (SSSR count). The molecule has 1 aliphatic heterocycles. The van der Waals surface area contributed by atoms with Crippen LogP contribution in [0.2, 0.25) is 0 Å². The first-order valence-corrected chi connectivity index (χ1v) is 9.94. The maximum Gasteiger partial charge on any atom is 0.233 e. The second kappa shape index (κ2) is 7.17. The zero-order valence-corrected chi connectivity index (χ0v) is 14.6. The number of nitrogens with zero attached hydrogens (tertiary/aromatic N) is 3. The van der Waals surface area contributed by atoms with E-state index in [-0.39, 0.29) is 11.6 Å². The first-order chi connectivity index (χ1) is 11.6. The molecule has 0 fully saturated rings. The van der Waals surface area contributed by atoms with Crippen molar-refractivity contribution < 1.29 is 8.42 Å². The molecule has 1 aliphatic rings. The van der Waals surface area contributed by atoms with Crippen LogP contribution in [0.5, 0.6) is 0 Å². The first-order valence-electron chi connectivity index (χ1n) is 8.29. The molecule has 2 aromatic rings. The summed E-state index contributed by atoms with van der Waals surface area (Å²) in [6.45, 7) is 2.84. The number of anilines is 3. The lowest BCUT2D eigenvalue weighted by molar-refractivity contribution is 0.597. The van der Waals surface area contributed by atoms with Crippen LogP contribution in [-0.2, 0) is 16.4 Å². The third-order valence-corrected chi connectivity index (χ3v) is 5.41. The Morgan fingerprint density at radius 3 is 2.75 bits per heavy atom. The molecule has 0 saturated carbocycles. The zero-order chi connectivity index (χ0) is 17.0. The molecule has 0 radical (unpaired) electrons. The summed E-state index contributed by atoms with van der Waals surface area (Å²) in [6, 6.07) is 11.8. The molecule has 6 nitrogen and oxygen atoms in total. The normalized spacial score (nSPS) is 14.3. The van der Waals surface area contributed by atoms with Gasteiger partial charge in [0, 0.05) is 12.2 Å². The van der Waals surface area contributed by atoms with Crippen LogP contribution in [0.15, 0.2) is 36.4 Å². The molecule has 1 aromatic heterocycles. The molecule has 0 bridgehead atoms. The lowest BCUT2D eigenvalue weighted by Crippen LogP contribution is -2.25. The molecule has 7 heteroatoms. The van der Waals surface area contributed by atoms with Gasteiger partial charge in [-0.3, -0.25) is 4.72 Å². The van der Waals surface area contributed by atoms with E-state index < -0.39 is 10.0 Å². The Hall–Kier alpha value is -2.15. The smallest absolute Gasteiger partial charge is 0.233 e. The monoisotopic (exact) mass is 346 g/mol. The third kappa shape index (κ3) is 3.84. The summed E-state index contributed by atoms with van der Waals surface area (Å²) >= 11 is 0. The van der Waals surface area contributed by atoms with Gasteiger partial charge in [-0.2, -0.15) is 0 Å². The Bertz CT molecular complexity index is 790. The van der Waals surface area contributed by atoms with Gasteiger partial charge in [-0.15, -0.1) is 10.2 Å². The average molecular weight is 346 g/mol. The van der Waals surface area contributed by atoms with Crippen molar-refractivity contribution in [3.63, 3.8) is 0 Å². The van der Waals surface area contributed by atoms with Crippen molar-refractivity contribution >= 4 is 27.3 Å². The molecular weight excluding hydrogens is 324 g/mol. The molecule has 24 heavy (non-hydrogen) atoms. The topological polar surface area (TPSA) is 75.2 Å². The molecule has 0 spiro atoms. The van der Waals surface area contributed by atoms with Crippen molar-refractivity contribution in [1.82, 2.24) is 10.2 Å². The van der Waals surface area contributed by atoms with E-state index >= 15 is 0 Å². The van der Waals surface area contributed by atoms with Crippen molar-refractivity contribution in [2.24, 2.45) is 0 Å². The summed E-state index contributed by atoms with van der Waals surface area (Å²) in [5.41, 5.74) is 2.45. The summed E-state index contributed by atoms with van der Waals surface area (Å²) in [5.74, 6) is 1.10. The zero-order valence-electron chi connectivity index (χ0n) is 13.8. The summed E-state index contributed by atoms with van der Waals surface area (Å²) in [4.78, 5) is 2.13. The predicted octanol–water partition coefficient (Wildman–Crippen LogP) is 3.10. The summed E-state index contributed by atoms with van der Waals surface area (Å²) in [7, 11) is -3.35. The van der Waals surface area contributed by atoms with Gasteiger partial charge < -0.3 is 4.90 Å². The van der Waals surface area contributed by atoms with Crippen LogP contribution in [0.25, 0.3) is 0 Å². The molecule has 1 N–H and O–H groups in total. The highest BCUT2D eigenvalue weighted by molar-refractivity contribution is 7.92. The molecule has 0 aliphatic carbocycles. The molecule has 2 heterocycles. The maximum absolute atomic E-state index is 11.9. The quantitative estimate of drug-likeness (QED) is 0.870. The van der Waals surface area contributed by atoms with E-state index in [1.807, 2.05) is 25.1 Å². The standard InChI is InChI=1S/C17H22N4O2S/c1-2-3-13-24(22,23)20-16-10-11-17(19-18-16)21-12-6-8-14-7-4-5-9-15(14)21/h4-5,7,9-11H,2-3,6,8,12-13H2,1H3,(H,18,20). The van der Waals surface area contributed by atoms with Crippen LogP contribution >= 0.6 is 0 Å². The Labute approximate surface area is 143 Å². The number of rotatable bonds is 6. The minimum atomic E-state index is -3.35. The number of unbranched alkanes of at least 4 members (excludes halogenated alkanes) is 1. The molecule has 0 atom stereocenters. The van der Waals surface area contributed by atoms with Gasteiger partial charge in [-0.25, -0.2) is 8.42 Å². The van der Waals surface area contributed by atoms with Crippen molar-refractivity contribution in [2.75, 3.05) is 21.9 Å². The number of hydrogen-bond donors (Lipinski definition) is 1. The number of fused-ring (bicyclic) bond motifs is 1. The number of nitrogens with one attached hydrogen (secondary N) is 1. The van der Waals surface area contributed by atoms with Crippen LogP contribution in [-0.4, -0.2) is 30.9 Å². The van der Waals surface area contributed by atoms with E-state index in [2.05, 4.69) is 32.0 Å². The van der Waals surface area contributed by atoms with Gasteiger partial charge in [-0.1, -0.05) is 31.5 Å². The van der Waals surface area contributed by atoms with Crippen LogP contribution in [0.1, 0.15) is 31.7 Å². The van der Waals surface area contributed by atoms with Crippen molar-refractivity contribution in [3.05, 3.63) is 42.0 Å². The first kappa shape index (κ1) is 16.7. The van der Waals surface area contributed by atoms with Gasteiger partial charge in [0.1, 0.15) is 0 Å². The van der Waals surface area contributed by atoms with E-state index in [0.717, 1.165) is 37.3 Å². The highest BCUT2D eigenvalue weighted by atomic mass is 32.2. The molecule has 128 valence electrons. The lowest BCUT2D eigenvalue weighted by atomic mass is 10.0. The summed E-state index contributed by atoms with van der Waals surface area (Å²) in [5, 5.41) is 8.25. The maximum atomic E-state index is 11.9. The molecule has 0 saturated heterocycles. The molecular formula is C17H22N4O2S. The van der Waals surface area contributed by atoms with Crippen LogP contribution in [0.3, 0.4) is 0 Å². The van der Waals surface area contributed by atoms with E-state index in [1.54, 1.807) is 6.07 Å². The molecule has 0 unspecified atom stereocenters. The second-order valence-electron chi connectivity index (χ2n) is 5.94. The van der Waals surface area contributed by atoms with E-state index in [9.17, 15) is 8.42 Å². The van der Waals surface area contributed by atoms with Crippen molar-refractivity contribution in [1.29, 1.82) is 0 Å². The number of aromatic nitrogens is 2. The van der Waals surface area contributed by atoms with Gasteiger partial charge in [0.25, 0.3) is 0 Å². The second-order valence-corrected chi connectivity index (χ2v) is 7.78. The predicted molar refractivity (Wildman–Crippen MR) is 96.1 cm³/mol. The van der Waals surface area contributed by atoms with Crippen LogP contribution in [0.4, 0.5) is 17.3 Å². The minimum absolute atomic E-state index is 0.104. The SMILES string of the molecule is CCCCS(=O)(=O)Nc1ccc(N2CCCc3ccccc32)nn1. The highest BCUT2D eigenvalue weighted by Gasteiger charge is 2.19. The Morgan fingerprint density at radius 2 is 2.00 bits per heavy atom. The van der Waals surface area contributed by atoms with Crippen molar-refractivity contribution in [2.45, 2.75) is 32.6 Å². The largest absolute Gasteiger partial charge is 0.325 e. The van der Waals surface area contributed by atoms with Gasteiger partial charge in [-0.05, 0) is 43.0 Å². The number of sulfonamides is 1. The van der Waals surface area contributed by atoms with Crippen LogP contribution < -0.4 is 9.62 Å². The number of benzene rings is 1. The Balaban J connectivity index is 1.76. The highest BCUT2D eigenvalue weighted by Crippen LogP contribution is 2.31. The summed E-state index contributed by atoms with van der Waals surface area (Å²) in [6.07, 6.45) is 3.59. The van der Waals surface area contributed by atoms with Crippen LogP contribution in [0, 0.1) is 0 Å². The number of para-hydroxylation sites is 1. The minimum Gasteiger partial charge on any atom is -0.325 e. The fourth-order valence-electron chi connectivity index (χ4n) is 2.84. The van der Waals surface area contributed by atoms with E-state index in [4.69, 9.17) is 0 Å². The number of aryl methyl sites for hydroxylation is 1. The lowest BCUT2D eigenvalue weighted by Gasteiger charge is -2.29. The van der Waals surface area contributed by atoms with Gasteiger partial charge in [0.15, 0.2) is 11.6 Å². The Kier molecular flexibility index (Phi) is 4.99. The average Bonchev–Trinajstić information content (AvgIpc) is 2.60.